The summed E-state index contributed by atoms with van der Waals surface area (Å²) >= 11 is 0. The second kappa shape index (κ2) is 7.28. The molecule has 28 heavy (non-hydrogen) atoms. The van der Waals surface area contributed by atoms with Crippen LogP contribution in [-0.2, 0) is 4.79 Å². The number of hydrogen-bond donors (Lipinski definition) is 2. The molecule has 4 rings (SSSR count). The number of hydrogen-bond acceptors (Lipinski definition) is 4. The van der Waals surface area contributed by atoms with Gasteiger partial charge < -0.3 is 16.0 Å². The molecule has 142 valence electrons. The number of nitrogens with zero attached hydrogens (tertiary/aromatic N) is 2. The highest BCUT2D eigenvalue weighted by molar-refractivity contribution is 5.94. The minimum Gasteiger partial charge on any atom is -0.360 e. The predicted octanol–water partition coefficient (Wildman–Crippen LogP) is 2.44. The molecular formula is C21H19FN4O2. The van der Waals surface area contributed by atoms with E-state index in [0.29, 0.717) is 12.2 Å². The summed E-state index contributed by atoms with van der Waals surface area (Å²) in [5, 5.41) is 2.59. The molecule has 0 bridgehead atoms. The lowest BCUT2D eigenvalue weighted by Crippen LogP contribution is -2.33. The highest BCUT2D eigenvalue weighted by Gasteiger charge is 2.26. The van der Waals surface area contributed by atoms with E-state index >= 15 is 0 Å². The summed E-state index contributed by atoms with van der Waals surface area (Å²) in [5.74, 6) is -0.951. The van der Waals surface area contributed by atoms with Gasteiger partial charge in [-0.25, -0.2) is 4.39 Å². The van der Waals surface area contributed by atoms with Crippen LogP contribution in [0.2, 0.25) is 0 Å². The number of para-hydroxylation sites is 1. The minimum absolute atomic E-state index is 0.0644. The molecule has 3 aromatic rings. The maximum atomic E-state index is 14.5. The van der Waals surface area contributed by atoms with Gasteiger partial charge in [0.05, 0.1) is 17.9 Å². The fourth-order valence-electron chi connectivity index (χ4n) is 3.43. The molecule has 1 unspecified atom stereocenters. The maximum absolute atomic E-state index is 14.5. The molecule has 2 heterocycles. The first kappa shape index (κ1) is 17.9. The number of halogens is 1. The van der Waals surface area contributed by atoms with Crippen LogP contribution in [0, 0.1) is 5.82 Å². The van der Waals surface area contributed by atoms with Crippen molar-refractivity contribution in [1.82, 2.24) is 4.57 Å². The van der Waals surface area contributed by atoms with E-state index in [9.17, 15) is 14.0 Å². The van der Waals surface area contributed by atoms with Crippen molar-refractivity contribution in [3.63, 3.8) is 0 Å². The number of anilines is 2. The van der Waals surface area contributed by atoms with Crippen LogP contribution >= 0.6 is 0 Å². The average Bonchev–Trinajstić information content (AvgIpc) is 3.00. The number of benzene rings is 2. The van der Waals surface area contributed by atoms with Gasteiger partial charge in [-0.15, -0.1) is 0 Å². The Labute approximate surface area is 161 Å². The van der Waals surface area contributed by atoms with Gasteiger partial charge in [0.1, 0.15) is 5.82 Å². The van der Waals surface area contributed by atoms with Crippen LogP contribution in [0.15, 0.2) is 71.7 Å². The number of amides is 1. The Kier molecular flexibility index (Phi) is 4.67. The molecule has 1 atom stereocenters. The van der Waals surface area contributed by atoms with Crippen molar-refractivity contribution in [2.24, 2.45) is 5.73 Å². The largest absolute Gasteiger partial charge is 0.360 e. The van der Waals surface area contributed by atoms with Gasteiger partial charge in [0, 0.05) is 36.6 Å². The van der Waals surface area contributed by atoms with Crippen LogP contribution < -0.4 is 21.5 Å². The van der Waals surface area contributed by atoms with Crippen molar-refractivity contribution >= 4 is 17.3 Å². The van der Waals surface area contributed by atoms with E-state index in [-0.39, 0.29) is 29.7 Å². The summed E-state index contributed by atoms with van der Waals surface area (Å²) in [5.41, 5.74) is 8.22. The van der Waals surface area contributed by atoms with E-state index in [1.165, 1.54) is 22.8 Å². The van der Waals surface area contributed by atoms with E-state index < -0.39 is 5.82 Å². The maximum Gasteiger partial charge on any atom is 0.255 e. The Morgan fingerprint density at radius 2 is 1.93 bits per heavy atom. The molecule has 0 saturated heterocycles. The predicted molar refractivity (Wildman–Crippen MR) is 106 cm³/mol. The summed E-state index contributed by atoms with van der Waals surface area (Å²) in [6.45, 7) is 0.606. The van der Waals surface area contributed by atoms with Gasteiger partial charge >= 0.3 is 0 Å². The van der Waals surface area contributed by atoms with Crippen LogP contribution in [-0.4, -0.2) is 23.6 Å². The monoisotopic (exact) mass is 378 g/mol. The lowest BCUT2D eigenvalue weighted by atomic mass is 10.1. The van der Waals surface area contributed by atoms with Crippen molar-refractivity contribution in [3.05, 3.63) is 88.6 Å². The Morgan fingerprint density at radius 3 is 2.71 bits per heavy atom. The smallest absolute Gasteiger partial charge is 0.255 e. The fraction of sp³-hybridized carbons (Fsp3) is 0.143. The van der Waals surface area contributed by atoms with E-state index in [4.69, 9.17) is 5.73 Å². The summed E-state index contributed by atoms with van der Waals surface area (Å²) in [7, 11) is 0. The number of aromatic nitrogens is 1. The molecule has 0 radical (unpaired) electrons. The average molecular weight is 378 g/mol. The third-order valence-electron chi connectivity index (χ3n) is 4.76. The number of nitrogens with one attached hydrogen (secondary N) is 1. The van der Waals surface area contributed by atoms with Crippen molar-refractivity contribution in [1.29, 1.82) is 0 Å². The number of carbonyl (C=O) groups is 1. The van der Waals surface area contributed by atoms with Crippen molar-refractivity contribution < 1.29 is 9.18 Å². The standard InChI is InChI=1S/C21H19FN4O2/c22-16-11-14(26-10-4-3-7-21(26)28)8-9-18(16)24-20(27)13-25-12-17(23)15-5-1-2-6-19(15)25/h1-11,17H,12-13,23H2,(H,24,27). The van der Waals surface area contributed by atoms with Gasteiger partial charge in [-0.3, -0.25) is 14.2 Å². The van der Waals surface area contributed by atoms with Crippen LogP contribution in [0.1, 0.15) is 11.6 Å². The molecule has 6 nitrogen and oxygen atoms in total. The third-order valence-corrected chi connectivity index (χ3v) is 4.76. The van der Waals surface area contributed by atoms with Gasteiger partial charge in [-0.05, 0) is 29.8 Å². The van der Waals surface area contributed by atoms with Gasteiger partial charge in [-0.1, -0.05) is 24.3 Å². The molecule has 3 N–H and O–H groups in total. The van der Waals surface area contributed by atoms with Crippen LogP contribution in [0.5, 0.6) is 0 Å². The number of fused-ring (bicyclic) bond motifs is 1. The fourth-order valence-corrected chi connectivity index (χ4v) is 3.43. The normalized spacial score (nSPS) is 15.4. The molecule has 1 amide bonds. The molecule has 0 fully saturated rings. The Bertz CT molecular complexity index is 1100. The first-order valence-corrected chi connectivity index (χ1v) is 8.90. The van der Waals surface area contributed by atoms with Gasteiger partial charge in [-0.2, -0.15) is 0 Å². The lowest BCUT2D eigenvalue weighted by molar-refractivity contribution is -0.115. The summed E-state index contributed by atoms with van der Waals surface area (Å²) < 4.78 is 15.8. The first-order valence-electron chi connectivity index (χ1n) is 8.90. The lowest BCUT2D eigenvalue weighted by Gasteiger charge is -2.19. The van der Waals surface area contributed by atoms with Crippen LogP contribution in [0.3, 0.4) is 0 Å². The minimum atomic E-state index is -0.611. The molecule has 0 aliphatic carbocycles. The SMILES string of the molecule is NC1CN(CC(=O)Nc2ccc(-n3ccccc3=O)cc2F)c2ccccc21. The highest BCUT2D eigenvalue weighted by Crippen LogP contribution is 2.32. The second-order valence-electron chi connectivity index (χ2n) is 6.67. The molecule has 2 aromatic carbocycles. The Balaban J connectivity index is 1.48. The zero-order valence-corrected chi connectivity index (χ0v) is 15.0. The Hall–Kier alpha value is -3.45. The quantitative estimate of drug-likeness (QED) is 0.731. The van der Waals surface area contributed by atoms with E-state index in [1.807, 2.05) is 29.2 Å². The van der Waals surface area contributed by atoms with Gasteiger partial charge in [0.15, 0.2) is 0 Å². The van der Waals surface area contributed by atoms with E-state index in [0.717, 1.165) is 11.3 Å². The Morgan fingerprint density at radius 1 is 1.14 bits per heavy atom. The molecule has 0 saturated carbocycles. The molecule has 0 spiro atoms. The van der Waals surface area contributed by atoms with Gasteiger partial charge in [0.2, 0.25) is 5.91 Å². The molecule has 1 aliphatic rings. The van der Waals surface area contributed by atoms with E-state index in [2.05, 4.69) is 5.32 Å². The first-order chi connectivity index (χ1) is 13.5. The second-order valence-corrected chi connectivity index (χ2v) is 6.67. The summed E-state index contributed by atoms with van der Waals surface area (Å²) in [6, 6.07) is 16.5. The number of carbonyl (C=O) groups excluding carboxylic acids is 1. The van der Waals surface area contributed by atoms with Crippen LogP contribution in [0.25, 0.3) is 5.69 Å². The molecule has 7 heteroatoms. The number of nitrogens with two attached hydrogens (primary N) is 1. The van der Waals surface area contributed by atoms with Crippen molar-refractivity contribution in [2.75, 3.05) is 23.3 Å². The number of rotatable bonds is 4. The molecule has 1 aromatic heterocycles. The van der Waals surface area contributed by atoms with Gasteiger partial charge in [0.25, 0.3) is 5.56 Å². The van der Waals surface area contributed by atoms with Crippen molar-refractivity contribution in [2.45, 2.75) is 6.04 Å². The molecular weight excluding hydrogens is 359 g/mol. The summed E-state index contributed by atoms with van der Waals surface area (Å²) in [6.07, 6.45) is 1.56. The van der Waals surface area contributed by atoms with Crippen LogP contribution in [0.4, 0.5) is 15.8 Å². The molecule has 1 aliphatic heterocycles. The summed E-state index contributed by atoms with van der Waals surface area (Å²) in [4.78, 5) is 26.2. The van der Waals surface area contributed by atoms with E-state index in [1.54, 1.807) is 24.4 Å². The number of pyridine rings is 1. The zero-order chi connectivity index (χ0) is 19.7. The third kappa shape index (κ3) is 3.39. The van der Waals surface area contributed by atoms with Crippen molar-refractivity contribution in [3.8, 4) is 5.69 Å². The topological polar surface area (TPSA) is 80.4 Å². The zero-order valence-electron chi connectivity index (χ0n) is 15.0. The highest BCUT2D eigenvalue weighted by atomic mass is 19.1.